The minimum atomic E-state index is -1.19. The van der Waals surface area contributed by atoms with Gasteiger partial charge in [-0.05, 0) is 42.4 Å². The Bertz CT molecular complexity index is 1960. The number of imide groups is 1. The smallest absolute Gasteiger partial charge is 0.321 e. The fourth-order valence-electron chi connectivity index (χ4n) is 6.62. The number of halogens is 2. The molecule has 4 atom stereocenters. The molecular weight excluding hydrogens is 775 g/mol. The normalized spacial score (nSPS) is 15.9. The van der Waals surface area contributed by atoms with Crippen LogP contribution in [0.3, 0.4) is 0 Å². The van der Waals surface area contributed by atoms with Crippen LogP contribution in [0.2, 0.25) is 0 Å². The van der Waals surface area contributed by atoms with Gasteiger partial charge in [0.1, 0.15) is 23.4 Å². The van der Waals surface area contributed by atoms with E-state index in [0.29, 0.717) is 36.9 Å². The topological polar surface area (TPSA) is 223 Å². The largest absolute Gasteiger partial charge is 0.480 e. The molecule has 0 aliphatic carbocycles. The van der Waals surface area contributed by atoms with Crippen LogP contribution in [0.4, 0.5) is 8.78 Å². The van der Waals surface area contributed by atoms with Crippen molar-refractivity contribution < 1.29 is 42.7 Å². The summed E-state index contributed by atoms with van der Waals surface area (Å²) in [7, 11) is 0. The Morgan fingerprint density at radius 1 is 1.02 bits per heavy atom. The SMILES string of the molecule is CC(=O)N(CC[C@H](N)C(=O)NNC(=O)CCCCCN1C(=O)CC(SC[C@H](N)C(=O)O)C1=O)[C@@H](c1nn(-c2cc(F)ccc2F)cc1Cc1ccccc1)C(C)(C)C. The van der Waals surface area contributed by atoms with Gasteiger partial charge in [-0.25, -0.2) is 13.5 Å². The molecule has 1 aliphatic heterocycles. The molecule has 3 aromatic rings. The maximum absolute atomic E-state index is 15.0. The molecule has 0 saturated carbocycles. The van der Waals surface area contributed by atoms with Crippen LogP contribution in [0.25, 0.3) is 5.69 Å². The second-order valence-corrected chi connectivity index (χ2v) is 16.6. The summed E-state index contributed by atoms with van der Waals surface area (Å²) < 4.78 is 30.5. The molecule has 2 heterocycles. The number of carbonyl (C=O) groups excluding carboxylic acids is 5. The van der Waals surface area contributed by atoms with Gasteiger partial charge in [0.25, 0.3) is 5.91 Å². The molecule has 15 nitrogen and oxygen atoms in total. The quantitative estimate of drug-likeness (QED) is 0.0670. The molecule has 5 amide bonds. The van der Waals surface area contributed by atoms with E-state index < -0.39 is 58.2 Å². The number of amides is 5. The number of nitrogens with one attached hydrogen (secondary N) is 2. The molecule has 1 saturated heterocycles. The number of carboxylic acids is 1. The summed E-state index contributed by atoms with van der Waals surface area (Å²) in [6, 6.07) is 9.67. The summed E-state index contributed by atoms with van der Waals surface area (Å²) in [5, 5.41) is 13.0. The number of likely N-dealkylation sites (tertiary alicyclic amines) is 1. The summed E-state index contributed by atoms with van der Waals surface area (Å²) in [6.07, 6.45) is 3.43. The molecule has 7 N–H and O–H groups in total. The standard InChI is InChI=1S/C40H52F2N8O7S/c1-24(51)48(36(40(2,3)4)35-26(19-25-11-7-5-8-12-25)22-50(47-35)31-20-27(41)14-15-28(31)42)18-16-29(43)37(54)46-45-33(52)13-9-6-10-17-49-34(53)21-32(38(49)55)58-23-30(44)39(56)57/h5,7-8,11-12,14-15,20,22,29-30,32,36H,6,9-10,13,16-19,21,23,43-44H2,1-4H3,(H,45,52)(H,46,54)(H,56,57)/t29-,30-,32?,36-/m0/s1. The van der Waals surface area contributed by atoms with Crippen LogP contribution in [-0.4, -0.2) is 96.4 Å². The third kappa shape index (κ3) is 12.4. The fourth-order valence-corrected chi connectivity index (χ4v) is 7.73. The van der Waals surface area contributed by atoms with E-state index in [2.05, 4.69) is 10.9 Å². The number of hydrazine groups is 1. The van der Waals surface area contributed by atoms with Crippen LogP contribution >= 0.6 is 11.8 Å². The third-order valence-corrected chi connectivity index (χ3v) is 11.0. The van der Waals surface area contributed by atoms with E-state index >= 15 is 0 Å². The molecule has 1 aliphatic rings. The number of rotatable bonds is 19. The second-order valence-electron chi connectivity index (χ2n) is 15.3. The van der Waals surface area contributed by atoms with Crippen LogP contribution < -0.4 is 22.3 Å². The number of hydrogen-bond acceptors (Lipinski definition) is 10. The van der Waals surface area contributed by atoms with Gasteiger partial charge in [-0.3, -0.25) is 44.5 Å². The first-order valence-electron chi connectivity index (χ1n) is 19.0. The maximum Gasteiger partial charge on any atom is 0.321 e. The number of aromatic nitrogens is 2. The number of unbranched alkanes of at least 4 members (excludes halogenated alkanes) is 2. The zero-order chi connectivity index (χ0) is 42.7. The van der Waals surface area contributed by atoms with Crippen molar-refractivity contribution in [1.29, 1.82) is 0 Å². The first kappa shape index (κ1) is 45.5. The summed E-state index contributed by atoms with van der Waals surface area (Å²) in [4.78, 5) is 77.3. The van der Waals surface area contributed by atoms with E-state index in [4.69, 9.17) is 21.7 Å². The van der Waals surface area contributed by atoms with Gasteiger partial charge in [0, 0.05) is 62.9 Å². The predicted molar refractivity (Wildman–Crippen MR) is 213 cm³/mol. The summed E-state index contributed by atoms with van der Waals surface area (Å²) in [5.41, 5.74) is 17.8. The van der Waals surface area contributed by atoms with Gasteiger partial charge < -0.3 is 21.5 Å². The van der Waals surface area contributed by atoms with Crippen LogP contribution in [-0.2, 0) is 35.2 Å². The van der Waals surface area contributed by atoms with Crippen molar-refractivity contribution in [3.63, 3.8) is 0 Å². The van der Waals surface area contributed by atoms with Gasteiger partial charge in [0.2, 0.25) is 23.6 Å². The lowest BCUT2D eigenvalue weighted by Crippen LogP contribution is -2.50. The highest BCUT2D eigenvalue weighted by Crippen LogP contribution is 2.40. The Hall–Kier alpha value is -5.20. The first-order chi connectivity index (χ1) is 27.4. The number of hydrogen-bond donors (Lipinski definition) is 5. The minimum Gasteiger partial charge on any atom is -0.480 e. The van der Waals surface area contributed by atoms with E-state index in [-0.39, 0.29) is 61.5 Å². The fraction of sp³-hybridized carbons (Fsp3) is 0.475. The molecule has 1 aromatic heterocycles. The zero-order valence-corrected chi connectivity index (χ0v) is 33.9. The number of nitrogens with two attached hydrogens (primary N) is 2. The molecular formula is C40H52F2N8O7S. The maximum atomic E-state index is 15.0. The van der Waals surface area contributed by atoms with Crippen LogP contribution in [0.1, 0.15) is 89.1 Å². The van der Waals surface area contributed by atoms with E-state index in [0.717, 1.165) is 40.4 Å². The van der Waals surface area contributed by atoms with Gasteiger partial charge >= 0.3 is 5.97 Å². The van der Waals surface area contributed by atoms with E-state index in [1.165, 1.54) is 11.6 Å². The minimum absolute atomic E-state index is 0.00567. The van der Waals surface area contributed by atoms with E-state index in [9.17, 15) is 37.5 Å². The van der Waals surface area contributed by atoms with Gasteiger partial charge in [0.05, 0.1) is 23.0 Å². The highest BCUT2D eigenvalue weighted by atomic mass is 32.2. The Balaban J connectivity index is 1.32. The number of aliphatic carboxylic acids is 1. The summed E-state index contributed by atoms with van der Waals surface area (Å²) in [5.74, 6) is -4.70. The first-order valence-corrected chi connectivity index (χ1v) is 20.1. The lowest BCUT2D eigenvalue weighted by atomic mass is 9.81. The van der Waals surface area contributed by atoms with Crippen molar-refractivity contribution in [3.05, 3.63) is 83.2 Å². The Kier molecular flexibility index (Phi) is 16.1. The average Bonchev–Trinajstić information content (AvgIpc) is 3.69. The summed E-state index contributed by atoms with van der Waals surface area (Å²) >= 11 is 1.05. The molecule has 18 heteroatoms. The molecule has 0 bridgehead atoms. The van der Waals surface area contributed by atoms with Crippen molar-refractivity contribution in [2.45, 2.75) is 96.0 Å². The van der Waals surface area contributed by atoms with Crippen LogP contribution in [0.15, 0.2) is 54.7 Å². The van der Waals surface area contributed by atoms with Crippen LogP contribution in [0.5, 0.6) is 0 Å². The molecule has 4 rings (SSSR count). The Morgan fingerprint density at radius 2 is 1.72 bits per heavy atom. The van der Waals surface area contributed by atoms with Gasteiger partial charge in [-0.1, -0.05) is 57.5 Å². The van der Waals surface area contributed by atoms with E-state index in [1.807, 2.05) is 51.1 Å². The van der Waals surface area contributed by atoms with Crippen LogP contribution in [0, 0.1) is 17.0 Å². The number of benzene rings is 2. The molecule has 1 unspecified atom stereocenters. The van der Waals surface area contributed by atoms with Crippen molar-refractivity contribution in [2.24, 2.45) is 16.9 Å². The molecule has 0 radical (unpaired) electrons. The lowest BCUT2D eigenvalue weighted by molar-refractivity contribution is -0.139. The van der Waals surface area contributed by atoms with Crippen molar-refractivity contribution in [1.82, 2.24) is 30.4 Å². The molecule has 1 fully saturated rings. The predicted octanol–water partition coefficient (Wildman–Crippen LogP) is 3.37. The highest BCUT2D eigenvalue weighted by molar-refractivity contribution is 8.00. The Labute approximate surface area is 340 Å². The average molecular weight is 827 g/mol. The molecule has 314 valence electrons. The monoisotopic (exact) mass is 826 g/mol. The molecule has 58 heavy (non-hydrogen) atoms. The van der Waals surface area contributed by atoms with E-state index in [1.54, 1.807) is 11.1 Å². The zero-order valence-electron chi connectivity index (χ0n) is 33.1. The van der Waals surface area contributed by atoms with Crippen molar-refractivity contribution in [3.8, 4) is 5.69 Å². The number of thioether (sulfide) groups is 1. The second kappa shape index (κ2) is 20.5. The van der Waals surface area contributed by atoms with Gasteiger partial charge in [-0.15, -0.1) is 11.8 Å². The summed E-state index contributed by atoms with van der Waals surface area (Å²) in [6.45, 7) is 7.36. The Morgan fingerprint density at radius 3 is 2.38 bits per heavy atom. The number of carboxylic acid groups (broad SMARTS) is 1. The third-order valence-electron chi connectivity index (χ3n) is 9.64. The van der Waals surface area contributed by atoms with Gasteiger partial charge in [0.15, 0.2) is 0 Å². The number of nitrogens with zero attached hydrogens (tertiary/aromatic N) is 4. The highest BCUT2D eigenvalue weighted by Gasteiger charge is 2.39. The lowest BCUT2D eigenvalue weighted by Gasteiger charge is -2.39. The van der Waals surface area contributed by atoms with Gasteiger partial charge in [-0.2, -0.15) is 5.10 Å². The molecule has 2 aromatic carbocycles. The molecule has 0 spiro atoms. The van der Waals surface area contributed by atoms with Crippen molar-refractivity contribution >= 4 is 47.3 Å². The van der Waals surface area contributed by atoms with Crippen molar-refractivity contribution in [2.75, 3.05) is 18.8 Å². The number of carbonyl (C=O) groups is 6.